The predicted octanol–water partition coefficient (Wildman–Crippen LogP) is 2.07. The molecule has 1 saturated heterocycles. The molecule has 2 aromatic rings. The van der Waals surface area contributed by atoms with E-state index in [-0.39, 0.29) is 17.4 Å². The maximum Gasteiger partial charge on any atom is 0.235 e. The van der Waals surface area contributed by atoms with Gasteiger partial charge >= 0.3 is 0 Å². The maximum absolute atomic E-state index is 12.5. The van der Waals surface area contributed by atoms with Crippen LogP contribution in [0.1, 0.15) is 18.4 Å². The van der Waals surface area contributed by atoms with Crippen molar-refractivity contribution in [3.63, 3.8) is 0 Å². The first kappa shape index (κ1) is 20.5. The maximum atomic E-state index is 12.5. The van der Waals surface area contributed by atoms with Crippen molar-refractivity contribution in [2.45, 2.75) is 19.6 Å². The fraction of sp³-hybridized carbons (Fsp3) is 0.500. The molecular formula is C20H27N3O4S. The molecule has 1 amide bonds. The van der Waals surface area contributed by atoms with Crippen LogP contribution >= 0.6 is 0 Å². The topological polar surface area (TPSA) is 75.9 Å². The van der Waals surface area contributed by atoms with E-state index < -0.39 is 10.8 Å². The molecule has 1 aliphatic rings. The van der Waals surface area contributed by atoms with Crippen molar-refractivity contribution in [1.82, 2.24) is 14.8 Å². The van der Waals surface area contributed by atoms with E-state index in [4.69, 9.17) is 9.15 Å². The fourth-order valence-electron chi connectivity index (χ4n) is 3.17. The van der Waals surface area contributed by atoms with E-state index in [0.29, 0.717) is 30.4 Å². The van der Waals surface area contributed by atoms with Gasteiger partial charge in [-0.2, -0.15) is 0 Å². The number of carbonyl (C=O) groups excluding carboxylic acids is 1. The molecule has 1 fully saturated rings. The number of aromatic nitrogens is 1. The summed E-state index contributed by atoms with van der Waals surface area (Å²) >= 11 is 0. The second-order valence-electron chi connectivity index (χ2n) is 6.79. The summed E-state index contributed by atoms with van der Waals surface area (Å²) in [7, 11) is 0.295. The fourth-order valence-corrected chi connectivity index (χ4v) is 4.30. The van der Waals surface area contributed by atoms with Gasteiger partial charge in [0.15, 0.2) is 0 Å². The summed E-state index contributed by atoms with van der Waals surface area (Å²) in [6, 6.07) is 7.40. The van der Waals surface area contributed by atoms with Gasteiger partial charge in [-0.1, -0.05) is 6.92 Å². The number of oxazole rings is 1. The lowest BCUT2D eigenvalue weighted by Crippen LogP contribution is -2.49. The summed E-state index contributed by atoms with van der Waals surface area (Å²) in [5.41, 5.74) is 1.46. The van der Waals surface area contributed by atoms with Crippen molar-refractivity contribution in [3.8, 4) is 17.2 Å². The van der Waals surface area contributed by atoms with Gasteiger partial charge in [-0.25, -0.2) is 4.98 Å². The highest BCUT2D eigenvalue weighted by atomic mass is 32.2. The summed E-state index contributed by atoms with van der Waals surface area (Å²) in [5.74, 6) is 2.05. The molecule has 0 saturated carbocycles. The highest BCUT2D eigenvalue weighted by molar-refractivity contribution is 7.84. The third kappa shape index (κ3) is 4.99. The Balaban J connectivity index is 1.58. The molecule has 28 heavy (non-hydrogen) atoms. The van der Waals surface area contributed by atoms with Crippen molar-refractivity contribution < 1.29 is 18.2 Å². The zero-order valence-corrected chi connectivity index (χ0v) is 17.5. The van der Waals surface area contributed by atoms with Crippen LogP contribution in [0.4, 0.5) is 0 Å². The summed E-state index contributed by atoms with van der Waals surface area (Å²) in [6.07, 6.45) is 0. The second kappa shape index (κ2) is 9.34. The molecule has 152 valence electrons. The molecule has 1 aromatic carbocycles. The molecule has 7 nitrogen and oxygen atoms in total. The van der Waals surface area contributed by atoms with Gasteiger partial charge in [0, 0.05) is 42.5 Å². The van der Waals surface area contributed by atoms with Gasteiger partial charge in [-0.3, -0.25) is 9.00 Å². The lowest BCUT2D eigenvalue weighted by Gasteiger charge is -2.34. The lowest BCUT2D eigenvalue weighted by molar-refractivity contribution is -0.130. The standard InChI is InChI=1S/C20H27N3O4S/c1-4-22-9-11-23(12-10-22)19(24)14-28(25)13-18-15(2)27-20(21-18)16-5-7-17(26-3)8-6-16/h5-8H,4,9-14H2,1-3H3/t28-/m0/s1. The van der Waals surface area contributed by atoms with Crippen LogP contribution in [0.5, 0.6) is 5.75 Å². The summed E-state index contributed by atoms with van der Waals surface area (Å²) in [5, 5.41) is 0. The molecule has 0 unspecified atom stereocenters. The summed E-state index contributed by atoms with van der Waals surface area (Å²) in [6.45, 7) is 8.08. The second-order valence-corrected chi connectivity index (χ2v) is 8.25. The van der Waals surface area contributed by atoms with E-state index in [1.165, 1.54) is 0 Å². The number of benzene rings is 1. The number of hydrogen-bond donors (Lipinski definition) is 0. The number of carbonyl (C=O) groups is 1. The highest BCUT2D eigenvalue weighted by Crippen LogP contribution is 2.24. The van der Waals surface area contributed by atoms with E-state index in [1.807, 2.05) is 29.2 Å². The Bertz CT molecular complexity index is 826. The SMILES string of the molecule is CCN1CCN(C(=O)C[S@@](=O)Cc2nc(-c3ccc(OC)cc3)oc2C)CC1. The molecule has 2 heterocycles. The third-order valence-corrected chi connectivity index (χ3v) is 6.15. The number of rotatable bonds is 7. The van der Waals surface area contributed by atoms with Crippen LogP contribution < -0.4 is 4.74 Å². The number of amides is 1. The van der Waals surface area contributed by atoms with Crippen LogP contribution in [0.2, 0.25) is 0 Å². The zero-order chi connectivity index (χ0) is 20.1. The first-order valence-corrected chi connectivity index (χ1v) is 10.9. The van der Waals surface area contributed by atoms with Crippen LogP contribution in [0.15, 0.2) is 28.7 Å². The number of ether oxygens (including phenoxy) is 1. The minimum absolute atomic E-state index is 0.0241. The summed E-state index contributed by atoms with van der Waals surface area (Å²) in [4.78, 5) is 21.0. The van der Waals surface area contributed by atoms with Crippen LogP contribution in [0, 0.1) is 6.92 Å². The Labute approximate surface area is 168 Å². The molecule has 1 aromatic heterocycles. The van der Waals surface area contributed by atoms with Gasteiger partial charge in [0.2, 0.25) is 11.8 Å². The molecule has 1 aliphatic heterocycles. The minimum Gasteiger partial charge on any atom is -0.497 e. The van der Waals surface area contributed by atoms with Crippen molar-refractivity contribution in [3.05, 3.63) is 35.7 Å². The van der Waals surface area contributed by atoms with E-state index in [0.717, 1.165) is 30.9 Å². The number of aryl methyl sites for hydroxylation is 1. The summed E-state index contributed by atoms with van der Waals surface area (Å²) < 4.78 is 23.4. The van der Waals surface area contributed by atoms with Crippen molar-refractivity contribution in [2.24, 2.45) is 0 Å². The largest absolute Gasteiger partial charge is 0.497 e. The Morgan fingerprint density at radius 2 is 1.89 bits per heavy atom. The first-order valence-electron chi connectivity index (χ1n) is 9.46. The monoisotopic (exact) mass is 405 g/mol. The van der Waals surface area contributed by atoms with Crippen molar-refractivity contribution >= 4 is 16.7 Å². The molecule has 1 atom stereocenters. The normalized spacial score (nSPS) is 16.2. The molecular weight excluding hydrogens is 378 g/mol. The van der Waals surface area contributed by atoms with Crippen molar-refractivity contribution in [1.29, 1.82) is 0 Å². The van der Waals surface area contributed by atoms with E-state index >= 15 is 0 Å². The van der Waals surface area contributed by atoms with Crippen LogP contribution in [0.25, 0.3) is 11.5 Å². The number of methoxy groups -OCH3 is 1. The highest BCUT2D eigenvalue weighted by Gasteiger charge is 2.22. The first-order chi connectivity index (χ1) is 13.5. The zero-order valence-electron chi connectivity index (χ0n) is 16.6. The molecule has 3 rings (SSSR count). The Kier molecular flexibility index (Phi) is 6.85. The average molecular weight is 406 g/mol. The molecule has 8 heteroatoms. The number of likely N-dealkylation sites (N-methyl/N-ethyl adjacent to an activating group) is 1. The Morgan fingerprint density at radius 3 is 2.50 bits per heavy atom. The molecule has 0 bridgehead atoms. The Hall–Kier alpha value is -2.19. The molecule has 0 N–H and O–H groups in total. The van der Waals surface area contributed by atoms with Gasteiger partial charge in [0.1, 0.15) is 17.3 Å². The lowest BCUT2D eigenvalue weighted by atomic mass is 10.2. The van der Waals surface area contributed by atoms with E-state index in [1.54, 1.807) is 14.0 Å². The molecule has 0 radical (unpaired) electrons. The Morgan fingerprint density at radius 1 is 1.21 bits per heavy atom. The van der Waals surface area contributed by atoms with Gasteiger partial charge in [0.25, 0.3) is 0 Å². The molecule has 0 aliphatic carbocycles. The van der Waals surface area contributed by atoms with Crippen LogP contribution in [-0.4, -0.2) is 70.5 Å². The smallest absolute Gasteiger partial charge is 0.235 e. The molecule has 0 spiro atoms. The van der Waals surface area contributed by atoms with Gasteiger partial charge in [-0.05, 0) is 37.7 Å². The number of nitrogens with zero attached hydrogens (tertiary/aromatic N) is 3. The van der Waals surface area contributed by atoms with Crippen LogP contribution in [0.3, 0.4) is 0 Å². The van der Waals surface area contributed by atoms with E-state index in [2.05, 4.69) is 16.8 Å². The van der Waals surface area contributed by atoms with Gasteiger partial charge in [-0.15, -0.1) is 0 Å². The van der Waals surface area contributed by atoms with Crippen molar-refractivity contribution in [2.75, 3.05) is 45.6 Å². The quantitative estimate of drug-likeness (QED) is 0.702. The van der Waals surface area contributed by atoms with Crippen LogP contribution in [-0.2, 0) is 21.3 Å². The number of piperazine rings is 1. The average Bonchev–Trinajstić information content (AvgIpc) is 3.08. The predicted molar refractivity (Wildman–Crippen MR) is 109 cm³/mol. The third-order valence-electron chi connectivity index (χ3n) is 4.98. The minimum atomic E-state index is -1.32. The number of hydrogen-bond acceptors (Lipinski definition) is 6. The van der Waals surface area contributed by atoms with Gasteiger partial charge in [0.05, 0.1) is 18.6 Å². The van der Waals surface area contributed by atoms with E-state index in [9.17, 15) is 9.00 Å². The van der Waals surface area contributed by atoms with Gasteiger partial charge < -0.3 is 19.0 Å².